The molecule has 17 heavy (non-hydrogen) atoms. The number of carbonyl (C=O) groups excluding carboxylic acids is 1. The van der Waals surface area contributed by atoms with Gasteiger partial charge in [0.25, 0.3) is 0 Å². The first kappa shape index (κ1) is 13.3. The fourth-order valence-corrected chi connectivity index (χ4v) is 1.50. The number of methoxy groups -OCH3 is 1. The van der Waals surface area contributed by atoms with Gasteiger partial charge >= 0.3 is 12.1 Å². The summed E-state index contributed by atoms with van der Waals surface area (Å²) < 4.78 is 42.2. The van der Waals surface area contributed by atoms with Crippen LogP contribution in [0.1, 0.15) is 21.5 Å². The topological polar surface area (TPSA) is 50.1 Å². The summed E-state index contributed by atoms with van der Waals surface area (Å²) >= 11 is 5.54. The first-order valence-electron chi connectivity index (χ1n) is 4.20. The summed E-state index contributed by atoms with van der Waals surface area (Å²) in [7, 11) is 0.941. The molecular weight excluding hydrogens is 259 g/mol. The molecule has 0 radical (unpaired) electrons. The number of carbonyl (C=O) groups is 1. The smallest absolute Gasteiger partial charge is 0.417 e. The van der Waals surface area contributed by atoms with Crippen molar-refractivity contribution < 1.29 is 22.7 Å². The van der Waals surface area contributed by atoms with Crippen LogP contribution >= 0.6 is 11.6 Å². The molecule has 0 fully saturated rings. The number of hydrogen-bond acceptors (Lipinski definition) is 3. The third-order valence-corrected chi connectivity index (χ3v) is 2.21. The Morgan fingerprint density at radius 3 is 2.47 bits per heavy atom. The SMILES string of the molecule is COC(=O)c1c(Cl)cc(C#N)cc1C(F)(F)F. The number of halogens is 4. The van der Waals surface area contributed by atoms with Gasteiger partial charge in [-0.15, -0.1) is 0 Å². The van der Waals surface area contributed by atoms with E-state index in [1.807, 2.05) is 0 Å². The van der Waals surface area contributed by atoms with Crippen molar-refractivity contribution in [1.82, 2.24) is 0 Å². The summed E-state index contributed by atoms with van der Waals surface area (Å²) in [4.78, 5) is 11.2. The van der Waals surface area contributed by atoms with E-state index in [0.717, 1.165) is 13.2 Å². The number of esters is 1. The average Bonchev–Trinajstić information content (AvgIpc) is 2.25. The lowest BCUT2D eigenvalue weighted by atomic mass is 10.0. The van der Waals surface area contributed by atoms with Gasteiger partial charge in [-0.25, -0.2) is 4.79 Å². The second-order valence-electron chi connectivity index (χ2n) is 2.98. The fourth-order valence-electron chi connectivity index (χ4n) is 1.20. The van der Waals surface area contributed by atoms with Crippen molar-refractivity contribution in [3.63, 3.8) is 0 Å². The minimum absolute atomic E-state index is 0.282. The Bertz CT molecular complexity index is 505. The van der Waals surface area contributed by atoms with Crippen LogP contribution in [0.25, 0.3) is 0 Å². The predicted molar refractivity (Wildman–Crippen MR) is 52.5 cm³/mol. The molecule has 0 aliphatic heterocycles. The second-order valence-corrected chi connectivity index (χ2v) is 3.39. The number of nitriles is 1. The predicted octanol–water partition coefficient (Wildman–Crippen LogP) is 3.02. The zero-order chi connectivity index (χ0) is 13.2. The van der Waals surface area contributed by atoms with Gasteiger partial charge < -0.3 is 4.74 Å². The Balaban J connectivity index is 3.58. The Labute approximate surface area is 99.4 Å². The van der Waals surface area contributed by atoms with Gasteiger partial charge in [-0.1, -0.05) is 11.6 Å². The molecule has 1 rings (SSSR count). The molecule has 0 bridgehead atoms. The summed E-state index contributed by atoms with van der Waals surface area (Å²) in [6.07, 6.45) is -4.79. The summed E-state index contributed by atoms with van der Waals surface area (Å²) in [6.45, 7) is 0. The van der Waals surface area contributed by atoms with Gasteiger partial charge in [-0.05, 0) is 12.1 Å². The molecular formula is C10H5ClF3NO2. The van der Waals surface area contributed by atoms with Gasteiger partial charge in [-0.2, -0.15) is 18.4 Å². The Morgan fingerprint density at radius 2 is 2.06 bits per heavy atom. The van der Waals surface area contributed by atoms with E-state index < -0.39 is 28.3 Å². The molecule has 0 spiro atoms. The van der Waals surface area contributed by atoms with E-state index in [1.165, 1.54) is 6.07 Å². The maximum atomic E-state index is 12.7. The van der Waals surface area contributed by atoms with Crippen molar-refractivity contribution in [2.75, 3.05) is 7.11 Å². The van der Waals surface area contributed by atoms with Gasteiger partial charge in [0.15, 0.2) is 0 Å². The van der Waals surface area contributed by atoms with Crippen LogP contribution in [0.2, 0.25) is 5.02 Å². The molecule has 1 aromatic carbocycles. The van der Waals surface area contributed by atoms with Crippen LogP contribution in [-0.4, -0.2) is 13.1 Å². The van der Waals surface area contributed by atoms with E-state index in [4.69, 9.17) is 16.9 Å². The Hall–Kier alpha value is -1.74. The summed E-state index contributed by atoms with van der Waals surface area (Å²) in [5.74, 6) is -1.20. The largest absolute Gasteiger partial charge is 0.465 e. The highest BCUT2D eigenvalue weighted by atomic mass is 35.5. The molecule has 0 aromatic heterocycles. The average molecular weight is 264 g/mol. The van der Waals surface area contributed by atoms with Crippen LogP contribution in [0.4, 0.5) is 13.2 Å². The number of nitrogens with zero attached hydrogens (tertiary/aromatic N) is 1. The molecule has 0 N–H and O–H groups in total. The highest BCUT2D eigenvalue weighted by Crippen LogP contribution is 2.36. The highest BCUT2D eigenvalue weighted by molar-refractivity contribution is 6.34. The van der Waals surface area contributed by atoms with Crippen LogP contribution in [-0.2, 0) is 10.9 Å². The molecule has 0 amide bonds. The van der Waals surface area contributed by atoms with Crippen LogP contribution in [0.3, 0.4) is 0 Å². The second kappa shape index (κ2) is 4.63. The van der Waals surface area contributed by atoms with Crippen molar-refractivity contribution in [1.29, 1.82) is 5.26 Å². The molecule has 0 saturated heterocycles. The van der Waals surface area contributed by atoms with Crippen molar-refractivity contribution in [3.05, 3.63) is 33.8 Å². The lowest BCUT2D eigenvalue weighted by Crippen LogP contribution is -2.15. The normalized spacial score (nSPS) is 10.8. The summed E-state index contributed by atoms with van der Waals surface area (Å²) in [5.41, 5.74) is -2.36. The van der Waals surface area contributed by atoms with Gasteiger partial charge in [0.1, 0.15) is 0 Å². The summed E-state index contributed by atoms with van der Waals surface area (Å²) in [5, 5.41) is 8.08. The zero-order valence-electron chi connectivity index (χ0n) is 8.43. The molecule has 1 aromatic rings. The molecule has 0 heterocycles. The zero-order valence-corrected chi connectivity index (χ0v) is 9.19. The van der Waals surface area contributed by atoms with Crippen molar-refractivity contribution in [2.24, 2.45) is 0 Å². The minimum atomic E-state index is -4.79. The molecule has 7 heteroatoms. The number of alkyl halides is 3. The number of benzene rings is 1. The molecule has 0 unspecified atom stereocenters. The third-order valence-electron chi connectivity index (χ3n) is 1.91. The van der Waals surface area contributed by atoms with E-state index in [2.05, 4.69) is 4.74 Å². The Morgan fingerprint density at radius 1 is 1.47 bits per heavy atom. The highest BCUT2D eigenvalue weighted by Gasteiger charge is 2.37. The molecule has 3 nitrogen and oxygen atoms in total. The third kappa shape index (κ3) is 2.68. The minimum Gasteiger partial charge on any atom is -0.465 e. The lowest BCUT2D eigenvalue weighted by Gasteiger charge is -2.13. The van der Waals surface area contributed by atoms with E-state index in [9.17, 15) is 18.0 Å². The standard InChI is InChI=1S/C10H5ClF3NO2/c1-17-9(16)8-6(10(12,13)14)2-5(4-15)3-7(8)11/h2-3H,1H3. The van der Waals surface area contributed by atoms with E-state index >= 15 is 0 Å². The van der Waals surface area contributed by atoms with Crippen LogP contribution in [0.15, 0.2) is 12.1 Å². The van der Waals surface area contributed by atoms with Gasteiger partial charge in [0.05, 0.1) is 34.9 Å². The first-order valence-corrected chi connectivity index (χ1v) is 4.58. The lowest BCUT2D eigenvalue weighted by molar-refractivity contribution is -0.138. The molecule has 0 saturated carbocycles. The first-order chi connectivity index (χ1) is 7.81. The van der Waals surface area contributed by atoms with Crippen molar-refractivity contribution in [3.8, 4) is 6.07 Å². The Kier molecular flexibility index (Phi) is 3.63. The van der Waals surface area contributed by atoms with Crippen molar-refractivity contribution in [2.45, 2.75) is 6.18 Å². The van der Waals surface area contributed by atoms with E-state index in [-0.39, 0.29) is 5.56 Å². The summed E-state index contributed by atoms with van der Waals surface area (Å²) in [6, 6.07) is 3.06. The molecule has 0 atom stereocenters. The van der Waals surface area contributed by atoms with E-state index in [1.54, 1.807) is 0 Å². The number of ether oxygens (including phenoxy) is 1. The fraction of sp³-hybridized carbons (Fsp3) is 0.200. The van der Waals surface area contributed by atoms with Crippen molar-refractivity contribution >= 4 is 17.6 Å². The van der Waals surface area contributed by atoms with Crippen LogP contribution in [0.5, 0.6) is 0 Å². The monoisotopic (exact) mass is 263 g/mol. The quantitative estimate of drug-likeness (QED) is 0.732. The maximum absolute atomic E-state index is 12.7. The number of hydrogen-bond donors (Lipinski definition) is 0. The van der Waals surface area contributed by atoms with Gasteiger partial charge in [0.2, 0.25) is 0 Å². The van der Waals surface area contributed by atoms with Crippen LogP contribution in [0, 0.1) is 11.3 Å². The molecule has 0 aliphatic rings. The van der Waals surface area contributed by atoms with E-state index in [0.29, 0.717) is 6.07 Å². The molecule has 90 valence electrons. The maximum Gasteiger partial charge on any atom is 0.417 e. The number of rotatable bonds is 1. The van der Waals surface area contributed by atoms with Crippen LogP contribution < -0.4 is 0 Å². The van der Waals surface area contributed by atoms with Gasteiger partial charge in [-0.3, -0.25) is 0 Å². The molecule has 0 aliphatic carbocycles. The van der Waals surface area contributed by atoms with Gasteiger partial charge in [0, 0.05) is 0 Å².